The van der Waals surface area contributed by atoms with Gasteiger partial charge in [0.25, 0.3) is 0 Å². The number of isothiocyanates is 1. The van der Waals surface area contributed by atoms with Crippen LogP contribution in [0.4, 0.5) is 5.82 Å². The highest BCUT2D eigenvalue weighted by atomic mass is 32.1. The molecule has 62 valence electrons. The Morgan fingerprint density at radius 2 is 2.50 bits per heavy atom. The summed E-state index contributed by atoms with van der Waals surface area (Å²) in [6.07, 6.45) is 0. The zero-order chi connectivity index (χ0) is 8.81. The van der Waals surface area contributed by atoms with E-state index in [9.17, 15) is 0 Å². The molecule has 1 aromatic heterocycles. The number of ether oxygens (including phenoxy) is 1. The van der Waals surface area contributed by atoms with Crippen LogP contribution in [0.3, 0.4) is 0 Å². The van der Waals surface area contributed by atoms with Crippen molar-refractivity contribution in [2.45, 2.75) is 6.92 Å². The molecule has 0 atom stereocenters. The lowest BCUT2D eigenvalue weighted by atomic mass is 10.4. The molecule has 0 saturated carbocycles. The molecule has 1 rings (SSSR count). The first-order chi connectivity index (χ1) is 5.86. The first kappa shape index (κ1) is 8.84. The zero-order valence-corrected chi connectivity index (χ0v) is 7.47. The molecule has 3 nitrogen and oxygen atoms in total. The molecule has 0 spiro atoms. The van der Waals surface area contributed by atoms with Crippen molar-refractivity contribution in [3.63, 3.8) is 0 Å². The molecule has 0 saturated heterocycles. The van der Waals surface area contributed by atoms with E-state index in [1.165, 1.54) is 0 Å². The summed E-state index contributed by atoms with van der Waals surface area (Å²) >= 11 is 4.44. The van der Waals surface area contributed by atoms with Crippen molar-refractivity contribution in [2.75, 3.05) is 6.61 Å². The fourth-order valence-corrected chi connectivity index (χ4v) is 0.835. The second kappa shape index (κ2) is 4.59. The zero-order valence-electron chi connectivity index (χ0n) is 6.65. The minimum Gasteiger partial charge on any atom is -0.478 e. The molecule has 0 aromatic carbocycles. The van der Waals surface area contributed by atoms with E-state index in [1.807, 2.05) is 13.0 Å². The van der Waals surface area contributed by atoms with Crippen LogP contribution in [0.25, 0.3) is 0 Å². The molecule has 0 amide bonds. The molecule has 0 fully saturated rings. The Bertz CT molecular complexity index is 308. The fraction of sp³-hybridized carbons (Fsp3) is 0.250. The molecular formula is C8H8N2OS. The van der Waals surface area contributed by atoms with Crippen LogP contribution < -0.4 is 4.74 Å². The van der Waals surface area contributed by atoms with Gasteiger partial charge in [0.2, 0.25) is 5.88 Å². The highest BCUT2D eigenvalue weighted by Crippen LogP contribution is 2.12. The van der Waals surface area contributed by atoms with Crippen molar-refractivity contribution in [3.8, 4) is 5.88 Å². The number of nitrogens with zero attached hydrogens (tertiary/aromatic N) is 2. The van der Waals surface area contributed by atoms with Crippen LogP contribution in [0.1, 0.15) is 6.92 Å². The third-order valence-electron chi connectivity index (χ3n) is 1.16. The number of aliphatic imine (C=N–C) groups is 1. The second-order valence-electron chi connectivity index (χ2n) is 1.97. The molecule has 0 N–H and O–H groups in total. The van der Waals surface area contributed by atoms with Crippen molar-refractivity contribution >= 4 is 23.2 Å². The Morgan fingerprint density at radius 1 is 1.67 bits per heavy atom. The Hall–Kier alpha value is -1.25. The molecule has 0 unspecified atom stereocenters. The van der Waals surface area contributed by atoms with Crippen LogP contribution >= 0.6 is 12.2 Å². The topological polar surface area (TPSA) is 34.5 Å². The van der Waals surface area contributed by atoms with Crippen molar-refractivity contribution in [3.05, 3.63) is 18.2 Å². The largest absolute Gasteiger partial charge is 0.478 e. The van der Waals surface area contributed by atoms with Crippen LogP contribution in [0.2, 0.25) is 0 Å². The molecule has 0 aliphatic carbocycles. The van der Waals surface area contributed by atoms with E-state index in [4.69, 9.17) is 4.74 Å². The van der Waals surface area contributed by atoms with Crippen LogP contribution in [-0.2, 0) is 0 Å². The Labute approximate surface area is 76.1 Å². The van der Waals surface area contributed by atoms with Gasteiger partial charge in [-0.25, -0.2) is 0 Å². The summed E-state index contributed by atoms with van der Waals surface area (Å²) in [6.45, 7) is 2.49. The Balaban J connectivity index is 2.87. The van der Waals surface area contributed by atoms with Gasteiger partial charge >= 0.3 is 0 Å². The average molecular weight is 180 g/mol. The van der Waals surface area contributed by atoms with Crippen molar-refractivity contribution in [1.29, 1.82) is 0 Å². The maximum absolute atomic E-state index is 5.16. The molecule has 0 aliphatic rings. The standard InChI is InChI=1S/C8H8N2OS/c1-2-11-8-5-3-4-7(10-8)9-6-12/h3-5H,2H2,1H3. The summed E-state index contributed by atoms with van der Waals surface area (Å²) < 4.78 is 5.16. The van der Waals surface area contributed by atoms with Gasteiger partial charge in [-0.1, -0.05) is 6.07 Å². The maximum atomic E-state index is 5.16. The number of hydrogen-bond donors (Lipinski definition) is 0. The molecule has 0 aliphatic heterocycles. The third-order valence-corrected chi connectivity index (χ3v) is 1.25. The van der Waals surface area contributed by atoms with E-state index in [0.717, 1.165) is 0 Å². The number of rotatable bonds is 3. The molecule has 1 aromatic rings. The van der Waals surface area contributed by atoms with Gasteiger partial charge in [0.1, 0.15) is 0 Å². The SMILES string of the molecule is CCOc1cccc(N=C=S)n1. The fourth-order valence-electron chi connectivity index (χ4n) is 0.741. The molecule has 12 heavy (non-hydrogen) atoms. The average Bonchev–Trinajstić information content (AvgIpc) is 2.06. The van der Waals surface area contributed by atoms with Gasteiger partial charge in [0.15, 0.2) is 5.82 Å². The van der Waals surface area contributed by atoms with Gasteiger partial charge in [-0.15, -0.1) is 0 Å². The van der Waals surface area contributed by atoms with Crippen molar-refractivity contribution in [2.24, 2.45) is 4.99 Å². The quantitative estimate of drug-likeness (QED) is 0.528. The Morgan fingerprint density at radius 3 is 3.17 bits per heavy atom. The number of pyridine rings is 1. The first-order valence-corrected chi connectivity index (χ1v) is 3.95. The molecular weight excluding hydrogens is 172 g/mol. The summed E-state index contributed by atoms with van der Waals surface area (Å²) in [5.41, 5.74) is 0. The van der Waals surface area contributed by atoms with Crippen LogP contribution in [-0.4, -0.2) is 16.8 Å². The molecule has 1 heterocycles. The van der Waals surface area contributed by atoms with E-state index in [2.05, 4.69) is 27.4 Å². The maximum Gasteiger partial charge on any atom is 0.215 e. The summed E-state index contributed by atoms with van der Waals surface area (Å²) in [4.78, 5) is 7.76. The van der Waals surface area contributed by atoms with Gasteiger partial charge in [-0.05, 0) is 25.2 Å². The van der Waals surface area contributed by atoms with Gasteiger partial charge in [0, 0.05) is 6.07 Å². The van der Waals surface area contributed by atoms with Crippen molar-refractivity contribution < 1.29 is 4.74 Å². The van der Waals surface area contributed by atoms with Crippen LogP contribution in [0.5, 0.6) is 5.88 Å². The van der Waals surface area contributed by atoms with Gasteiger partial charge < -0.3 is 4.74 Å². The smallest absolute Gasteiger partial charge is 0.215 e. The Kier molecular flexibility index (Phi) is 3.38. The van der Waals surface area contributed by atoms with E-state index in [0.29, 0.717) is 18.3 Å². The lowest BCUT2D eigenvalue weighted by Crippen LogP contribution is -1.92. The third kappa shape index (κ3) is 2.42. The van der Waals surface area contributed by atoms with Crippen LogP contribution in [0.15, 0.2) is 23.2 Å². The summed E-state index contributed by atoms with van der Waals surface area (Å²) in [5.74, 6) is 1.08. The number of hydrogen-bond acceptors (Lipinski definition) is 4. The molecule has 4 heteroatoms. The normalized spacial score (nSPS) is 8.75. The molecule has 0 radical (unpaired) electrons. The van der Waals surface area contributed by atoms with Crippen LogP contribution in [0, 0.1) is 0 Å². The summed E-state index contributed by atoms with van der Waals surface area (Å²) in [6, 6.07) is 5.32. The summed E-state index contributed by atoms with van der Waals surface area (Å²) in [7, 11) is 0. The van der Waals surface area contributed by atoms with Crippen molar-refractivity contribution in [1.82, 2.24) is 4.98 Å². The van der Waals surface area contributed by atoms with E-state index < -0.39 is 0 Å². The van der Waals surface area contributed by atoms with E-state index in [1.54, 1.807) is 12.1 Å². The van der Waals surface area contributed by atoms with Gasteiger partial charge in [0.05, 0.1) is 11.8 Å². The number of thiocarbonyl (C=S) groups is 1. The highest BCUT2D eigenvalue weighted by Gasteiger charge is 1.94. The lowest BCUT2D eigenvalue weighted by Gasteiger charge is -2.00. The van der Waals surface area contributed by atoms with E-state index >= 15 is 0 Å². The van der Waals surface area contributed by atoms with Gasteiger partial charge in [-0.3, -0.25) is 0 Å². The monoisotopic (exact) mass is 180 g/mol. The second-order valence-corrected chi connectivity index (χ2v) is 2.15. The number of aromatic nitrogens is 1. The summed E-state index contributed by atoms with van der Waals surface area (Å²) in [5, 5.41) is 2.24. The minimum absolute atomic E-state index is 0.524. The molecule has 0 bridgehead atoms. The lowest BCUT2D eigenvalue weighted by molar-refractivity contribution is 0.327. The van der Waals surface area contributed by atoms with E-state index in [-0.39, 0.29) is 0 Å². The predicted octanol–water partition coefficient (Wildman–Crippen LogP) is 2.21. The minimum atomic E-state index is 0.524. The van der Waals surface area contributed by atoms with Gasteiger partial charge in [-0.2, -0.15) is 9.98 Å². The first-order valence-electron chi connectivity index (χ1n) is 3.54. The predicted molar refractivity (Wildman–Crippen MR) is 50.1 cm³/mol. The highest BCUT2D eigenvalue weighted by molar-refractivity contribution is 7.78.